The van der Waals surface area contributed by atoms with E-state index in [2.05, 4.69) is 25.4 Å². The molecular weight excluding hydrogens is 472 g/mol. The lowest BCUT2D eigenvalue weighted by molar-refractivity contribution is -0.138. The number of anilines is 1. The van der Waals surface area contributed by atoms with E-state index < -0.39 is 5.97 Å². The second-order valence-corrected chi connectivity index (χ2v) is 9.01. The number of carboxylic acid groups (broad SMARTS) is 1. The third-order valence-electron chi connectivity index (χ3n) is 6.36. The standard InChI is InChI=1S/C27H26N6O4/c34-25(35)13-18-4-10-23(11-5-18)37-27-29-14-20(15-30-27)19-6-8-22(9-7-19)32-26(36)21-16-31-33(17-21)24-3-1-2-12-28-24/h1-3,6-9,12,14-18,23H,4-5,10-11,13H2,(H,32,36)(H,34,35). The van der Waals surface area contributed by atoms with E-state index in [0.717, 1.165) is 36.8 Å². The van der Waals surface area contributed by atoms with E-state index in [9.17, 15) is 9.59 Å². The highest BCUT2D eigenvalue weighted by Crippen LogP contribution is 2.29. The Balaban J connectivity index is 1.15. The summed E-state index contributed by atoms with van der Waals surface area (Å²) in [6.07, 6.45) is 11.7. The highest BCUT2D eigenvalue weighted by atomic mass is 16.5. The van der Waals surface area contributed by atoms with Gasteiger partial charge in [0.2, 0.25) is 0 Å². The fourth-order valence-corrected chi connectivity index (χ4v) is 4.38. The molecule has 4 aromatic rings. The van der Waals surface area contributed by atoms with Gasteiger partial charge in [0, 0.05) is 42.5 Å². The number of amides is 1. The fourth-order valence-electron chi connectivity index (χ4n) is 4.38. The molecule has 10 nitrogen and oxygen atoms in total. The molecule has 1 aliphatic carbocycles. The molecule has 1 amide bonds. The maximum Gasteiger partial charge on any atom is 0.316 e. The van der Waals surface area contributed by atoms with Crippen LogP contribution in [-0.2, 0) is 4.79 Å². The number of carbonyl (C=O) groups is 2. The minimum absolute atomic E-state index is 0.00912. The van der Waals surface area contributed by atoms with E-state index in [-0.39, 0.29) is 24.3 Å². The first-order valence-corrected chi connectivity index (χ1v) is 12.1. The summed E-state index contributed by atoms with van der Waals surface area (Å²) in [5, 5.41) is 16.0. The Kier molecular flexibility index (Phi) is 7.16. The number of carboxylic acids is 1. The Bertz CT molecular complexity index is 1350. The van der Waals surface area contributed by atoms with Gasteiger partial charge in [0.05, 0.1) is 11.8 Å². The van der Waals surface area contributed by atoms with Gasteiger partial charge < -0.3 is 15.2 Å². The lowest BCUT2D eigenvalue weighted by Gasteiger charge is -2.27. The molecule has 0 bridgehead atoms. The average molecular weight is 499 g/mol. The minimum atomic E-state index is -0.743. The van der Waals surface area contributed by atoms with E-state index in [0.29, 0.717) is 23.1 Å². The van der Waals surface area contributed by atoms with Crippen LogP contribution in [0, 0.1) is 5.92 Å². The van der Waals surface area contributed by atoms with Crippen molar-refractivity contribution in [2.24, 2.45) is 5.92 Å². The number of hydrogen-bond donors (Lipinski definition) is 2. The first kappa shape index (κ1) is 24.1. The summed E-state index contributed by atoms with van der Waals surface area (Å²) in [5.41, 5.74) is 2.81. The highest BCUT2D eigenvalue weighted by Gasteiger charge is 2.24. The second-order valence-electron chi connectivity index (χ2n) is 9.01. The number of aromatic nitrogens is 5. The van der Waals surface area contributed by atoms with E-state index in [1.54, 1.807) is 29.5 Å². The van der Waals surface area contributed by atoms with E-state index in [4.69, 9.17) is 9.84 Å². The van der Waals surface area contributed by atoms with Crippen molar-refractivity contribution in [1.82, 2.24) is 24.7 Å². The molecule has 37 heavy (non-hydrogen) atoms. The van der Waals surface area contributed by atoms with Crippen LogP contribution in [0.3, 0.4) is 0 Å². The Hall–Kier alpha value is -4.60. The Morgan fingerprint density at radius 3 is 2.38 bits per heavy atom. The SMILES string of the molecule is O=C(O)CC1CCC(Oc2ncc(-c3ccc(NC(=O)c4cnn(-c5ccccn5)c4)cc3)cn2)CC1. The highest BCUT2D eigenvalue weighted by molar-refractivity contribution is 6.04. The minimum Gasteiger partial charge on any atom is -0.481 e. The van der Waals surface area contributed by atoms with Crippen molar-refractivity contribution >= 4 is 17.6 Å². The number of hydrogen-bond acceptors (Lipinski definition) is 7. The molecule has 1 aromatic carbocycles. The zero-order chi connectivity index (χ0) is 25.6. The number of nitrogens with zero attached hydrogens (tertiary/aromatic N) is 5. The van der Waals surface area contributed by atoms with Gasteiger partial charge in [-0.05, 0) is 61.4 Å². The summed E-state index contributed by atoms with van der Waals surface area (Å²) in [5.74, 6) is -0.158. The number of rotatable bonds is 8. The zero-order valence-corrected chi connectivity index (χ0v) is 20.0. The summed E-state index contributed by atoms with van der Waals surface area (Å²) >= 11 is 0. The van der Waals surface area contributed by atoms with Gasteiger partial charge in [0.25, 0.3) is 5.91 Å². The van der Waals surface area contributed by atoms with Crippen LogP contribution in [-0.4, -0.2) is 47.8 Å². The summed E-state index contributed by atoms with van der Waals surface area (Å²) in [6, 6.07) is 13.2. The summed E-state index contributed by atoms with van der Waals surface area (Å²) < 4.78 is 7.46. The molecule has 5 rings (SSSR count). The largest absolute Gasteiger partial charge is 0.481 e. The number of ether oxygens (including phenoxy) is 1. The zero-order valence-electron chi connectivity index (χ0n) is 20.0. The second kappa shape index (κ2) is 11.0. The van der Waals surface area contributed by atoms with Crippen LogP contribution >= 0.6 is 0 Å². The van der Waals surface area contributed by atoms with Crippen molar-refractivity contribution in [2.75, 3.05) is 5.32 Å². The van der Waals surface area contributed by atoms with Gasteiger partial charge in [-0.3, -0.25) is 9.59 Å². The van der Waals surface area contributed by atoms with Crippen LogP contribution in [0.2, 0.25) is 0 Å². The van der Waals surface area contributed by atoms with Gasteiger partial charge in [-0.15, -0.1) is 0 Å². The maximum atomic E-state index is 12.6. The molecule has 0 atom stereocenters. The third-order valence-corrected chi connectivity index (χ3v) is 6.36. The van der Waals surface area contributed by atoms with Crippen LogP contribution < -0.4 is 10.1 Å². The first-order chi connectivity index (χ1) is 18.0. The molecule has 0 saturated heterocycles. The van der Waals surface area contributed by atoms with Crippen molar-refractivity contribution in [3.05, 3.63) is 79.0 Å². The van der Waals surface area contributed by atoms with Gasteiger partial charge in [-0.2, -0.15) is 5.10 Å². The van der Waals surface area contributed by atoms with E-state index >= 15 is 0 Å². The summed E-state index contributed by atoms with van der Waals surface area (Å²) in [6.45, 7) is 0. The van der Waals surface area contributed by atoms with Crippen LogP contribution in [0.1, 0.15) is 42.5 Å². The molecule has 1 fully saturated rings. The van der Waals surface area contributed by atoms with Crippen molar-refractivity contribution in [1.29, 1.82) is 0 Å². The van der Waals surface area contributed by atoms with Crippen LogP contribution in [0.4, 0.5) is 5.69 Å². The normalized spacial score (nSPS) is 17.2. The van der Waals surface area contributed by atoms with Gasteiger partial charge in [0.1, 0.15) is 6.10 Å². The average Bonchev–Trinajstić information content (AvgIpc) is 3.42. The smallest absolute Gasteiger partial charge is 0.316 e. The van der Waals surface area contributed by atoms with Crippen LogP contribution in [0.15, 0.2) is 73.4 Å². The van der Waals surface area contributed by atoms with Crippen molar-refractivity contribution in [3.63, 3.8) is 0 Å². The Labute approximate surface area is 213 Å². The number of nitrogens with one attached hydrogen (secondary N) is 1. The monoisotopic (exact) mass is 498 g/mol. The molecule has 0 unspecified atom stereocenters. The molecule has 2 N–H and O–H groups in total. The summed E-state index contributed by atoms with van der Waals surface area (Å²) in [7, 11) is 0. The predicted molar refractivity (Wildman–Crippen MR) is 135 cm³/mol. The van der Waals surface area contributed by atoms with Gasteiger partial charge in [-0.25, -0.2) is 19.6 Å². The van der Waals surface area contributed by atoms with Crippen LogP contribution in [0.25, 0.3) is 16.9 Å². The lowest BCUT2D eigenvalue weighted by Crippen LogP contribution is -2.25. The Morgan fingerprint density at radius 1 is 0.946 bits per heavy atom. The number of benzene rings is 1. The molecule has 0 spiro atoms. The molecule has 3 aromatic heterocycles. The lowest BCUT2D eigenvalue weighted by atomic mass is 9.85. The number of carbonyl (C=O) groups excluding carboxylic acids is 1. The Morgan fingerprint density at radius 2 is 1.70 bits per heavy atom. The van der Waals surface area contributed by atoms with Gasteiger partial charge in [-0.1, -0.05) is 18.2 Å². The molecule has 0 aliphatic heterocycles. The predicted octanol–water partition coefficient (Wildman–Crippen LogP) is 4.39. The first-order valence-electron chi connectivity index (χ1n) is 12.1. The molecule has 1 aliphatic rings. The topological polar surface area (TPSA) is 132 Å². The molecular formula is C27H26N6O4. The van der Waals surface area contributed by atoms with Crippen molar-refractivity contribution < 1.29 is 19.4 Å². The van der Waals surface area contributed by atoms with Crippen LogP contribution in [0.5, 0.6) is 6.01 Å². The van der Waals surface area contributed by atoms with E-state index in [1.807, 2.05) is 42.5 Å². The van der Waals surface area contributed by atoms with Gasteiger partial charge >= 0.3 is 12.0 Å². The van der Waals surface area contributed by atoms with Gasteiger partial charge in [0.15, 0.2) is 5.82 Å². The molecule has 1 saturated carbocycles. The summed E-state index contributed by atoms with van der Waals surface area (Å²) in [4.78, 5) is 36.4. The fraction of sp³-hybridized carbons (Fsp3) is 0.259. The molecule has 188 valence electrons. The number of pyridine rings is 1. The van der Waals surface area contributed by atoms with E-state index in [1.165, 1.54) is 6.20 Å². The molecule has 0 radical (unpaired) electrons. The maximum absolute atomic E-state index is 12.6. The van der Waals surface area contributed by atoms with Crippen molar-refractivity contribution in [3.8, 4) is 23.0 Å². The molecule has 10 heteroatoms. The van der Waals surface area contributed by atoms with Crippen molar-refractivity contribution in [2.45, 2.75) is 38.2 Å². The molecule has 3 heterocycles. The quantitative estimate of drug-likeness (QED) is 0.366. The number of aliphatic carboxylic acids is 1. The third kappa shape index (κ3) is 6.16.